The van der Waals surface area contributed by atoms with Crippen LogP contribution < -0.4 is 5.73 Å². The van der Waals surface area contributed by atoms with Crippen LogP contribution in [0.15, 0.2) is 12.1 Å². The van der Waals surface area contributed by atoms with Crippen LogP contribution in [0, 0.1) is 11.8 Å². The molecule has 0 radical (unpaired) electrons. The number of hydrogen-bond donors (Lipinski definition) is 1. The van der Waals surface area contributed by atoms with Crippen LogP contribution in [0.1, 0.15) is 40.2 Å². The Bertz CT molecular complexity index is 824. The van der Waals surface area contributed by atoms with Gasteiger partial charge in [-0.3, -0.25) is 4.79 Å². The molecular weight excluding hydrogens is 398 g/mol. The van der Waals surface area contributed by atoms with Gasteiger partial charge < -0.3 is 15.4 Å². The Balaban J connectivity index is 1.51. The van der Waals surface area contributed by atoms with E-state index in [4.69, 9.17) is 10.5 Å². The van der Waals surface area contributed by atoms with Crippen LogP contribution in [0.2, 0.25) is 0 Å². The highest BCUT2D eigenvalue weighted by molar-refractivity contribution is 7.89. The minimum Gasteiger partial charge on any atom is -0.372 e. The molecule has 3 fully saturated rings. The van der Waals surface area contributed by atoms with Gasteiger partial charge in [0.25, 0.3) is 5.91 Å². The van der Waals surface area contributed by atoms with Gasteiger partial charge in [0.15, 0.2) is 0 Å². The zero-order valence-corrected chi connectivity index (χ0v) is 17.9. The first-order chi connectivity index (χ1) is 13.4. The number of hydrogen-bond acceptors (Lipinski definition) is 6. The highest BCUT2D eigenvalue weighted by Crippen LogP contribution is 2.53. The summed E-state index contributed by atoms with van der Waals surface area (Å²) in [7, 11) is -1.26. The van der Waals surface area contributed by atoms with Crippen molar-refractivity contribution in [3.05, 3.63) is 21.9 Å². The van der Waals surface area contributed by atoms with E-state index < -0.39 is 15.9 Å². The fraction of sp³-hybridized carbons (Fsp3) is 0.737. The molecule has 3 atom stereocenters. The van der Waals surface area contributed by atoms with Crippen molar-refractivity contribution >= 4 is 27.3 Å². The summed E-state index contributed by atoms with van der Waals surface area (Å²) in [6.07, 6.45) is 4.07. The minimum absolute atomic E-state index is 0.283. The number of piperidine rings is 1. The number of likely N-dealkylation sites (tertiary alicyclic amines) is 1. The Hall–Kier alpha value is -1.00. The number of carbonyl (C=O) groups is 1. The standard InChI is InChI=1S/C19H29N3O4S2/c1-26-19(17-7-6-16(27-17)18(20)23)14-4-2-5-15(19)13-21(12-14)9-10-22-8-3-11-28(22,24)25/h6-7,14-15H,2-5,8-13H2,1H3,(H2,20,23)/t14-,15+,19+. The molecule has 28 heavy (non-hydrogen) atoms. The molecule has 9 heteroatoms. The van der Waals surface area contributed by atoms with Crippen molar-refractivity contribution in [2.24, 2.45) is 17.6 Å². The summed E-state index contributed by atoms with van der Waals surface area (Å²) in [6, 6.07) is 3.81. The van der Waals surface area contributed by atoms with Gasteiger partial charge in [0.05, 0.1) is 10.6 Å². The third-order valence-corrected chi connectivity index (χ3v) is 9.90. The number of thiophene rings is 1. The number of amides is 1. The number of fused-ring (bicyclic) bond motifs is 2. The highest BCUT2D eigenvalue weighted by atomic mass is 32.2. The summed E-state index contributed by atoms with van der Waals surface area (Å²) in [5.74, 6) is 0.557. The van der Waals surface area contributed by atoms with Crippen LogP contribution in [0.3, 0.4) is 0 Å². The van der Waals surface area contributed by atoms with E-state index in [9.17, 15) is 13.2 Å². The lowest BCUT2D eigenvalue weighted by Gasteiger charge is -2.55. The first-order valence-electron chi connectivity index (χ1n) is 10.0. The molecule has 1 aromatic heterocycles. The van der Waals surface area contributed by atoms with Gasteiger partial charge in [-0.15, -0.1) is 11.3 Å². The van der Waals surface area contributed by atoms with Crippen molar-refractivity contribution in [3.8, 4) is 0 Å². The van der Waals surface area contributed by atoms with Gasteiger partial charge in [-0.2, -0.15) is 0 Å². The van der Waals surface area contributed by atoms with Crippen LogP contribution in [-0.2, 0) is 20.4 Å². The second-order valence-corrected chi connectivity index (χ2v) is 11.4. The SMILES string of the molecule is CO[C@@]1(c2ccc(C(N)=O)s2)[C@@H]2CCC[C@H]1CN(CCN1CCCS1(=O)=O)C2. The molecule has 2 bridgehead atoms. The summed E-state index contributed by atoms with van der Waals surface area (Å²) in [4.78, 5) is 15.7. The summed E-state index contributed by atoms with van der Waals surface area (Å²) < 4.78 is 32.0. The van der Waals surface area contributed by atoms with Crippen molar-refractivity contribution < 1.29 is 17.9 Å². The van der Waals surface area contributed by atoms with E-state index in [2.05, 4.69) is 4.90 Å². The zero-order valence-electron chi connectivity index (χ0n) is 16.3. The third kappa shape index (κ3) is 3.41. The molecule has 0 unspecified atom stereocenters. The van der Waals surface area contributed by atoms with Crippen molar-refractivity contribution in [2.75, 3.05) is 45.6 Å². The quantitative estimate of drug-likeness (QED) is 0.742. The number of carbonyl (C=O) groups excluding carboxylic acids is 1. The number of rotatable bonds is 6. The Morgan fingerprint density at radius 3 is 2.50 bits per heavy atom. The van der Waals surface area contributed by atoms with E-state index in [1.165, 1.54) is 17.8 Å². The molecule has 1 amide bonds. The lowest BCUT2D eigenvalue weighted by molar-refractivity contribution is -0.166. The van der Waals surface area contributed by atoms with Crippen LogP contribution >= 0.6 is 11.3 Å². The Morgan fingerprint density at radius 1 is 1.25 bits per heavy atom. The highest BCUT2D eigenvalue weighted by Gasteiger charge is 2.54. The lowest BCUT2D eigenvalue weighted by atomic mass is 9.64. The number of nitrogens with two attached hydrogens (primary N) is 1. The van der Waals surface area contributed by atoms with Crippen molar-refractivity contribution in [1.82, 2.24) is 9.21 Å². The summed E-state index contributed by atoms with van der Waals surface area (Å²) in [5, 5.41) is 0. The van der Waals surface area contributed by atoms with Gasteiger partial charge >= 0.3 is 0 Å². The normalized spacial score (nSPS) is 33.2. The molecule has 2 N–H and O–H groups in total. The number of primary amides is 1. The zero-order chi connectivity index (χ0) is 19.9. The summed E-state index contributed by atoms with van der Waals surface area (Å²) in [6.45, 7) is 3.77. The summed E-state index contributed by atoms with van der Waals surface area (Å²) >= 11 is 1.46. The molecule has 1 aromatic rings. The number of ether oxygens (including phenoxy) is 1. The van der Waals surface area contributed by atoms with E-state index in [0.29, 0.717) is 29.8 Å². The molecule has 1 saturated carbocycles. The van der Waals surface area contributed by atoms with Crippen LogP contribution in [0.5, 0.6) is 0 Å². The van der Waals surface area contributed by atoms with Gasteiger partial charge in [0.1, 0.15) is 5.60 Å². The van der Waals surface area contributed by atoms with Gasteiger partial charge in [0.2, 0.25) is 10.0 Å². The second kappa shape index (κ2) is 7.68. The minimum atomic E-state index is -3.04. The lowest BCUT2D eigenvalue weighted by Crippen LogP contribution is -2.59. The Kier molecular flexibility index (Phi) is 5.56. The Morgan fingerprint density at radius 2 is 1.96 bits per heavy atom. The molecule has 2 saturated heterocycles. The van der Waals surface area contributed by atoms with E-state index in [0.717, 1.165) is 43.8 Å². The average molecular weight is 428 g/mol. The fourth-order valence-corrected chi connectivity index (χ4v) is 8.12. The third-order valence-electron chi connectivity index (χ3n) is 6.72. The monoisotopic (exact) mass is 427 g/mol. The average Bonchev–Trinajstić information content (AvgIpc) is 3.26. The maximum Gasteiger partial charge on any atom is 0.258 e. The van der Waals surface area contributed by atoms with E-state index in [1.807, 2.05) is 12.1 Å². The molecule has 1 aliphatic carbocycles. The predicted octanol–water partition coefficient (Wildman–Crippen LogP) is 1.46. The topological polar surface area (TPSA) is 92.9 Å². The van der Waals surface area contributed by atoms with Crippen molar-refractivity contribution in [2.45, 2.75) is 31.3 Å². The molecular formula is C19H29N3O4S2. The number of sulfonamides is 1. The molecule has 0 aromatic carbocycles. The van der Waals surface area contributed by atoms with Crippen LogP contribution in [0.4, 0.5) is 0 Å². The molecule has 0 spiro atoms. The molecule has 156 valence electrons. The summed E-state index contributed by atoms with van der Waals surface area (Å²) in [5.41, 5.74) is 5.10. The Labute approximate surface area is 170 Å². The molecule has 3 aliphatic rings. The van der Waals surface area contributed by atoms with Gasteiger partial charge in [0, 0.05) is 56.5 Å². The van der Waals surface area contributed by atoms with Crippen LogP contribution in [-0.4, -0.2) is 69.1 Å². The second-order valence-electron chi connectivity index (χ2n) is 8.18. The predicted molar refractivity (Wildman–Crippen MR) is 109 cm³/mol. The van der Waals surface area contributed by atoms with Crippen molar-refractivity contribution in [1.29, 1.82) is 0 Å². The van der Waals surface area contributed by atoms with E-state index >= 15 is 0 Å². The molecule has 2 aliphatic heterocycles. The van der Waals surface area contributed by atoms with Gasteiger partial charge in [-0.1, -0.05) is 6.42 Å². The molecule has 4 rings (SSSR count). The van der Waals surface area contributed by atoms with Gasteiger partial charge in [-0.25, -0.2) is 12.7 Å². The maximum atomic E-state index is 12.1. The number of methoxy groups -OCH3 is 1. The number of nitrogens with zero attached hydrogens (tertiary/aromatic N) is 2. The largest absolute Gasteiger partial charge is 0.372 e. The first kappa shape index (κ1) is 20.3. The fourth-order valence-electron chi connectivity index (χ4n) is 5.42. The van der Waals surface area contributed by atoms with Crippen LogP contribution in [0.25, 0.3) is 0 Å². The first-order valence-corrected chi connectivity index (χ1v) is 12.4. The van der Waals surface area contributed by atoms with Crippen molar-refractivity contribution in [3.63, 3.8) is 0 Å². The van der Waals surface area contributed by atoms with Gasteiger partial charge in [-0.05, 0) is 31.4 Å². The molecule has 7 nitrogen and oxygen atoms in total. The van der Waals surface area contributed by atoms with E-state index in [1.54, 1.807) is 11.4 Å². The molecule has 3 heterocycles. The maximum absolute atomic E-state index is 12.1. The van der Waals surface area contributed by atoms with E-state index in [-0.39, 0.29) is 11.4 Å². The smallest absolute Gasteiger partial charge is 0.258 e.